The average Bonchev–Trinajstić information content (AvgIpc) is 3.31. The van der Waals surface area contributed by atoms with Gasteiger partial charge in [0, 0.05) is 51.3 Å². The van der Waals surface area contributed by atoms with Gasteiger partial charge in [-0.1, -0.05) is 31.0 Å². The molecule has 2 heterocycles. The van der Waals surface area contributed by atoms with Gasteiger partial charge in [0.15, 0.2) is 0 Å². The quantitative estimate of drug-likeness (QED) is 0.367. The summed E-state index contributed by atoms with van der Waals surface area (Å²) in [6, 6.07) is 7.69. The highest BCUT2D eigenvalue weighted by molar-refractivity contribution is 7.89. The normalized spacial score (nSPS) is 21.6. The van der Waals surface area contributed by atoms with Gasteiger partial charge in [-0.2, -0.15) is 4.31 Å². The van der Waals surface area contributed by atoms with Crippen LogP contribution in [0.3, 0.4) is 0 Å². The number of carbonyl (C=O) groups excluding carboxylic acids is 2. The van der Waals surface area contributed by atoms with Crippen molar-refractivity contribution in [3.63, 3.8) is 0 Å². The Morgan fingerprint density at radius 1 is 1.15 bits per heavy atom. The first-order valence-corrected chi connectivity index (χ1v) is 15.4. The zero-order chi connectivity index (χ0) is 29.7. The van der Waals surface area contributed by atoms with Gasteiger partial charge >= 0.3 is 0 Å². The largest absolute Gasteiger partial charge is 0.389 e. The maximum atomic E-state index is 14.0. The Morgan fingerprint density at radius 3 is 2.49 bits per heavy atom. The monoisotopic (exact) mass is 592 g/mol. The summed E-state index contributed by atoms with van der Waals surface area (Å²) in [4.78, 5) is 27.5. The topological polar surface area (TPSA) is 119 Å². The first-order chi connectivity index (χ1) is 19.5. The second-order valence-electron chi connectivity index (χ2n) is 10.9. The first kappa shape index (κ1) is 31.0. The molecule has 4 atom stereocenters. The minimum atomic E-state index is -3.84. The highest BCUT2D eigenvalue weighted by Gasteiger charge is 2.39. The zero-order valence-electron chi connectivity index (χ0n) is 23.4. The molecule has 0 aromatic heterocycles. The fraction of sp³-hybridized carbons (Fsp3) is 0.517. The number of nitrogens with zero attached hydrogens (tertiary/aromatic N) is 2. The van der Waals surface area contributed by atoms with E-state index < -0.39 is 51.7 Å². The van der Waals surface area contributed by atoms with E-state index in [9.17, 15) is 31.9 Å². The van der Waals surface area contributed by atoms with E-state index in [-0.39, 0.29) is 55.4 Å². The lowest BCUT2D eigenvalue weighted by Gasteiger charge is -2.38. The van der Waals surface area contributed by atoms with Gasteiger partial charge in [0.2, 0.25) is 21.8 Å². The van der Waals surface area contributed by atoms with E-state index in [1.807, 2.05) is 13.8 Å². The number of hydrogen-bond acceptors (Lipinski definition) is 6. The number of sulfonamides is 1. The number of unbranched alkanes of at least 4 members (excludes halogenated alkanes) is 1. The highest BCUT2D eigenvalue weighted by Crippen LogP contribution is 2.22. The van der Waals surface area contributed by atoms with Crippen LogP contribution in [0.2, 0.25) is 0 Å². The van der Waals surface area contributed by atoms with Crippen LogP contribution in [-0.4, -0.2) is 85.5 Å². The maximum Gasteiger partial charge on any atom is 0.243 e. The lowest BCUT2D eigenvalue weighted by molar-refractivity contribution is -0.129. The minimum Gasteiger partial charge on any atom is -0.389 e. The van der Waals surface area contributed by atoms with E-state index in [4.69, 9.17) is 0 Å². The number of carbonyl (C=O) groups is 2. The van der Waals surface area contributed by atoms with Crippen molar-refractivity contribution < 1.29 is 31.9 Å². The number of aliphatic hydroxyl groups excluding tert-OH is 1. The predicted molar refractivity (Wildman–Crippen MR) is 149 cm³/mol. The second kappa shape index (κ2) is 13.4. The number of piperazine rings is 1. The van der Waals surface area contributed by atoms with Crippen LogP contribution in [0.5, 0.6) is 0 Å². The van der Waals surface area contributed by atoms with Crippen LogP contribution < -0.4 is 10.6 Å². The maximum absolute atomic E-state index is 14.0. The van der Waals surface area contributed by atoms with Crippen molar-refractivity contribution in [3.8, 4) is 0 Å². The third-order valence-electron chi connectivity index (χ3n) is 7.72. The van der Waals surface area contributed by atoms with Gasteiger partial charge in [0.25, 0.3) is 0 Å². The third kappa shape index (κ3) is 7.68. The number of aliphatic hydroxyl groups is 1. The molecule has 224 valence electrons. The number of hydrogen-bond donors (Lipinski definition) is 3. The molecule has 0 radical (unpaired) electrons. The Bertz CT molecular complexity index is 1320. The number of halogens is 2. The molecule has 2 unspecified atom stereocenters. The molecular weight excluding hydrogens is 554 g/mol. The SMILES string of the molecule is CCCCN1CC(C(=O)NC(Cc2cc(F)cc(F)c2)[C@H](O)[C@H]2CN(S(=O)(=O)c3ccc(C)cc3)CCN2)CC1=O. The van der Waals surface area contributed by atoms with Crippen molar-refractivity contribution in [2.45, 2.75) is 62.6 Å². The van der Waals surface area contributed by atoms with Gasteiger partial charge in [-0.25, -0.2) is 17.2 Å². The van der Waals surface area contributed by atoms with E-state index in [1.54, 1.807) is 17.0 Å². The van der Waals surface area contributed by atoms with Crippen molar-refractivity contribution in [1.29, 1.82) is 0 Å². The molecule has 12 heteroatoms. The van der Waals surface area contributed by atoms with Crippen molar-refractivity contribution in [1.82, 2.24) is 19.8 Å². The summed E-state index contributed by atoms with van der Waals surface area (Å²) in [5.41, 5.74) is 1.14. The summed E-state index contributed by atoms with van der Waals surface area (Å²) in [7, 11) is -3.84. The fourth-order valence-electron chi connectivity index (χ4n) is 5.39. The second-order valence-corrected chi connectivity index (χ2v) is 12.9. The number of amides is 2. The molecule has 2 saturated heterocycles. The van der Waals surface area contributed by atoms with Crippen LogP contribution in [0.4, 0.5) is 8.78 Å². The van der Waals surface area contributed by atoms with Gasteiger partial charge in [-0.05, 0) is 49.6 Å². The molecule has 2 aliphatic heterocycles. The van der Waals surface area contributed by atoms with Crippen LogP contribution in [0.25, 0.3) is 0 Å². The van der Waals surface area contributed by atoms with Crippen LogP contribution in [0, 0.1) is 24.5 Å². The molecule has 4 rings (SSSR count). The van der Waals surface area contributed by atoms with Gasteiger partial charge < -0.3 is 20.6 Å². The molecule has 0 saturated carbocycles. The smallest absolute Gasteiger partial charge is 0.243 e. The van der Waals surface area contributed by atoms with Gasteiger partial charge in [-0.3, -0.25) is 9.59 Å². The van der Waals surface area contributed by atoms with Gasteiger partial charge in [0.1, 0.15) is 11.6 Å². The van der Waals surface area contributed by atoms with Crippen LogP contribution in [-0.2, 0) is 26.0 Å². The van der Waals surface area contributed by atoms with E-state index >= 15 is 0 Å². The lowest BCUT2D eigenvalue weighted by atomic mass is 9.94. The Balaban J connectivity index is 1.53. The van der Waals surface area contributed by atoms with Gasteiger partial charge in [0.05, 0.1) is 23.0 Å². The Morgan fingerprint density at radius 2 is 1.83 bits per heavy atom. The molecule has 2 amide bonds. The Labute approximate surface area is 240 Å². The first-order valence-electron chi connectivity index (χ1n) is 14.0. The van der Waals surface area contributed by atoms with E-state index in [0.717, 1.165) is 36.6 Å². The predicted octanol–water partition coefficient (Wildman–Crippen LogP) is 1.97. The summed E-state index contributed by atoms with van der Waals surface area (Å²) in [5.74, 6) is -2.78. The van der Waals surface area contributed by atoms with Crippen LogP contribution >= 0.6 is 0 Å². The highest BCUT2D eigenvalue weighted by atomic mass is 32.2. The van der Waals surface area contributed by atoms with E-state index in [0.29, 0.717) is 6.54 Å². The number of aryl methyl sites for hydroxylation is 1. The van der Waals surface area contributed by atoms with Crippen molar-refractivity contribution in [2.24, 2.45) is 5.92 Å². The summed E-state index contributed by atoms with van der Waals surface area (Å²) in [5, 5.41) is 17.4. The number of nitrogens with one attached hydrogen (secondary N) is 2. The Kier molecular flexibility index (Phi) is 10.1. The zero-order valence-corrected chi connectivity index (χ0v) is 24.2. The summed E-state index contributed by atoms with van der Waals surface area (Å²) in [6.07, 6.45) is 0.350. The van der Waals surface area contributed by atoms with Crippen LogP contribution in [0.15, 0.2) is 47.4 Å². The molecule has 0 aliphatic carbocycles. The lowest BCUT2D eigenvalue weighted by Crippen LogP contribution is -2.62. The van der Waals surface area contributed by atoms with Gasteiger partial charge in [-0.15, -0.1) is 0 Å². The summed E-state index contributed by atoms with van der Waals surface area (Å²) in [6.45, 7) is 5.05. The van der Waals surface area contributed by atoms with Crippen molar-refractivity contribution >= 4 is 21.8 Å². The molecular formula is C29H38F2N4O5S. The molecule has 9 nitrogen and oxygen atoms in total. The average molecular weight is 593 g/mol. The molecule has 0 spiro atoms. The Hall–Kier alpha value is -2.93. The third-order valence-corrected chi connectivity index (χ3v) is 9.60. The minimum absolute atomic E-state index is 0.0389. The number of rotatable bonds is 11. The fourth-order valence-corrected chi connectivity index (χ4v) is 6.86. The molecule has 2 aliphatic rings. The molecule has 2 aromatic rings. The number of benzene rings is 2. The summed E-state index contributed by atoms with van der Waals surface area (Å²) >= 11 is 0. The molecule has 41 heavy (non-hydrogen) atoms. The molecule has 2 aromatic carbocycles. The van der Waals surface area contributed by atoms with E-state index in [2.05, 4.69) is 10.6 Å². The van der Waals surface area contributed by atoms with Crippen LogP contribution in [0.1, 0.15) is 37.3 Å². The van der Waals surface area contributed by atoms with E-state index in [1.165, 1.54) is 16.4 Å². The van der Waals surface area contributed by atoms with Crippen molar-refractivity contribution in [3.05, 3.63) is 65.2 Å². The standard InChI is InChI=1S/C29H38F2N4O5S/c1-3-4-10-34-17-21(15-27(34)36)29(38)33-25(14-20-12-22(30)16-23(31)13-20)28(37)26-18-35(11-9-32-26)41(39,40)24-7-5-19(2)6-8-24/h5-8,12-13,16,21,25-26,28,32,37H,3-4,9-11,14-15,17-18H2,1-2H3,(H,33,38)/t21?,25?,26-,28+/m1/s1. The molecule has 2 fully saturated rings. The summed E-state index contributed by atoms with van der Waals surface area (Å²) < 4.78 is 55.9. The van der Waals surface area contributed by atoms with Crippen molar-refractivity contribution in [2.75, 3.05) is 32.7 Å². The number of likely N-dealkylation sites (tertiary alicyclic amines) is 1. The molecule has 0 bridgehead atoms. The molecule has 3 N–H and O–H groups in total.